The Morgan fingerprint density at radius 1 is 1.30 bits per heavy atom. The normalized spacial score (nSPS) is 25.6. The van der Waals surface area contributed by atoms with Crippen LogP contribution in [0.1, 0.15) is 23.7 Å². The minimum Gasteiger partial charge on any atom is -0.345 e. The Hall–Kier alpha value is -1.20. The van der Waals surface area contributed by atoms with Gasteiger partial charge in [0.05, 0.1) is 5.92 Å². The Morgan fingerprint density at radius 3 is 2.78 bits per heavy atom. The van der Waals surface area contributed by atoms with Gasteiger partial charge in [0.2, 0.25) is 11.8 Å². The zero-order valence-corrected chi connectivity index (χ0v) is 14.8. The summed E-state index contributed by atoms with van der Waals surface area (Å²) in [6.07, 6.45) is 1.25. The van der Waals surface area contributed by atoms with Gasteiger partial charge in [-0.1, -0.05) is 29.8 Å². The first-order valence-corrected chi connectivity index (χ1v) is 9.37. The molecule has 1 aromatic rings. The van der Waals surface area contributed by atoms with E-state index in [0.29, 0.717) is 18.2 Å². The SMILES string of the molecule is CN1CC(C(=O)N2CCSC(c3ccccc3Cl)CC2)CC1=O. The van der Waals surface area contributed by atoms with E-state index in [1.807, 2.05) is 34.9 Å². The molecule has 0 aliphatic carbocycles. The van der Waals surface area contributed by atoms with Gasteiger partial charge in [0.25, 0.3) is 0 Å². The summed E-state index contributed by atoms with van der Waals surface area (Å²) >= 11 is 8.17. The Kier molecular flexibility index (Phi) is 5.17. The van der Waals surface area contributed by atoms with Crippen LogP contribution in [-0.2, 0) is 9.59 Å². The summed E-state index contributed by atoms with van der Waals surface area (Å²) in [5.74, 6) is 0.928. The molecule has 124 valence electrons. The van der Waals surface area contributed by atoms with Crippen molar-refractivity contribution in [3.05, 3.63) is 34.9 Å². The van der Waals surface area contributed by atoms with E-state index in [0.717, 1.165) is 35.8 Å². The second-order valence-electron chi connectivity index (χ2n) is 6.17. The topological polar surface area (TPSA) is 40.6 Å². The van der Waals surface area contributed by atoms with Gasteiger partial charge < -0.3 is 9.80 Å². The molecule has 2 aliphatic rings. The smallest absolute Gasteiger partial charge is 0.228 e. The van der Waals surface area contributed by atoms with Crippen molar-refractivity contribution in [3.63, 3.8) is 0 Å². The highest BCUT2D eigenvalue weighted by molar-refractivity contribution is 7.99. The summed E-state index contributed by atoms with van der Waals surface area (Å²) in [5.41, 5.74) is 1.16. The Balaban J connectivity index is 1.64. The zero-order chi connectivity index (χ0) is 16.4. The number of carbonyl (C=O) groups is 2. The van der Waals surface area contributed by atoms with E-state index in [4.69, 9.17) is 11.6 Å². The Bertz CT molecular complexity index is 610. The second kappa shape index (κ2) is 7.14. The van der Waals surface area contributed by atoms with Crippen molar-refractivity contribution in [2.45, 2.75) is 18.1 Å². The van der Waals surface area contributed by atoms with Crippen LogP contribution in [0.15, 0.2) is 24.3 Å². The van der Waals surface area contributed by atoms with Crippen LogP contribution in [0.3, 0.4) is 0 Å². The number of amides is 2. The molecular weight excluding hydrogens is 332 g/mol. The average Bonchev–Trinajstić information content (AvgIpc) is 2.76. The molecule has 23 heavy (non-hydrogen) atoms. The highest BCUT2D eigenvalue weighted by atomic mass is 35.5. The van der Waals surface area contributed by atoms with Gasteiger partial charge in [-0.05, 0) is 18.1 Å². The molecule has 2 saturated heterocycles. The lowest BCUT2D eigenvalue weighted by atomic mass is 10.1. The standard InChI is InChI=1S/C17H21ClN2O2S/c1-19-11-12(10-16(19)21)17(22)20-7-6-15(23-9-8-20)13-4-2-3-5-14(13)18/h2-5,12,15H,6-11H2,1H3. The molecule has 0 N–H and O–H groups in total. The minimum absolute atomic E-state index is 0.0708. The molecule has 2 aliphatic heterocycles. The number of halogens is 1. The molecule has 4 nitrogen and oxygen atoms in total. The molecule has 1 aromatic carbocycles. The van der Waals surface area contributed by atoms with Crippen molar-refractivity contribution >= 4 is 35.2 Å². The summed E-state index contributed by atoms with van der Waals surface area (Å²) in [6, 6.07) is 7.94. The molecule has 3 rings (SSSR count). The van der Waals surface area contributed by atoms with Crippen molar-refractivity contribution in [2.75, 3.05) is 32.4 Å². The van der Waals surface area contributed by atoms with Crippen LogP contribution >= 0.6 is 23.4 Å². The van der Waals surface area contributed by atoms with Gasteiger partial charge in [-0.2, -0.15) is 11.8 Å². The van der Waals surface area contributed by atoms with Gasteiger partial charge in [-0.25, -0.2) is 0 Å². The van der Waals surface area contributed by atoms with Crippen molar-refractivity contribution in [1.82, 2.24) is 9.80 Å². The maximum absolute atomic E-state index is 12.7. The molecule has 2 unspecified atom stereocenters. The average molecular weight is 353 g/mol. The predicted molar refractivity (Wildman–Crippen MR) is 93.6 cm³/mol. The first kappa shape index (κ1) is 16.7. The number of likely N-dealkylation sites (tertiary alicyclic amines) is 1. The van der Waals surface area contributed by atoms with Crippen LogP contribution < -0.4 is 0 Å². The van der Waals surface area contributed by atoms with Crippen LogP contribution in [0.25, 0.3) is 0 Å². The summed E-state index contributed by atoms with van der Waals surface area (Å²) < 4.78 is 0. The van der Waals surface area contributed by atoms with Gasteiger partial charge in [-0.15, -0.1) is 0 Å². The first-order chi connectivity index (χ1) is 11.1. The van der Waals surface area contributed by atoms with E-state index in [9.17, 15) is 9.59 Å². The lowest BCUT2D eigenvalue weighted by Gasteiger charge is -2.23. The third kappa shape index (κ3) is 3.66. The van der Waals surface area contributed by atoms with E-state index in [-0.39, 0.29) is 17.7 Å². The van der Waals surface area contributed by atoms with Gasteiger partial charge in [0.15, 0.2) is 0 Å². The molecular formula is C17H21ClN2O2S. The highest BCUT2D eigenvalue weighted by Gasteiger charge is 2.35. The van der Waals surface area contributed by atoms with E-state index < -0.39 is 0 Å². The lowest BCUT2D eigenvalue weighted by Crippen LogP contribution is -2.38. The third-order valence-electron chi connectivity index (χ3n) is 4.60. The van der Waals surface area contributed by atoms with E-state index in [1.54, 1.807) is 11.9 Å². The van der Waals surface area contributed by atoms with Crippen LogP contribution in [0.5, 0.6) is 0 Å². The van der Waals surface area contributed by atoms with E-state index >= 15 is 0 Å². The van der Waals surface area contributed by atoms with Gasteiger partial charge in [-0.3, -0.25) is 9.59 Å². The summed E-state index contributed by atoms with van der Waals surface area (Å²) in [5, 5.41) is 1.13. The second-order valence-corrected chi connectivity index (χ2v) is 7.89. The van der Waals surface area contributed by atoms with E-state index in [2.05, 4.69) is 6.07 Å². The number of nitrogens with zero attached hydrogens (tertiary/aromatic N) is 2. The molecule has 6 heteroatoms. The Labute approximate surface area is 146 Å². The van der Waals surface area contributed by atoms with Crippen molar-refractivity contribution in [3.8, 4) is 0 Å². The van der Waals surface area contributed by atoms with E-state index in [1.165, 1.54) is 0 Å². The third-order valence-corrected chi connectivity index (χ3v) is 6.25. The molecule has 0 saturated carbocycles. The van der Waals surface area contributed by atoms with Crippen LogP contribution in [0, 0.1) is 5.92 Å². The molecule has 2 heterocycles. The fraction of sp³-hybridized carbons (Fsp3) is 0.529. The number of rotatable bonds is 2. The summed E-state index contributed by atoms with van der Waals surface area (Å²) in [7, 11) is 1.77. The van der Waals surface area contributed by atoms with Gasteiger partial charge in [0, 0.05) is 49.1 Å². The number of benzene rings is 1. The number of carbonyl (C=O) groups excluding carboxylic acids is 2. The predicted octanol–water partition coefficient (Wildman–Crippen LogP) is 2.82. The number of thioether (sulfide) groups is 1. The monoisotopic (exact) mass is 352 g/mol. The van der Waals surface area contributed by atoms with Crippen LogP contribution in [0.2, 0.25) is 5.02 Å². The largest absolute Gasteiger partial charge is 0.345 e. The molecule has 0 radical (unpaired) electrons. The molecule has 0 bridgehead atoms. The quantitative estimate of drug-likeness (QED) is 0.821. The molecule has 2 atom stereocenters. The molecule has 0 spiro atoms. The fourth-order valence-electron chi connectivity index (χ4n) is 3.26. The highest BCUT2D eigenvalue weighted by Crippen LogP contribution is 2.38. The van der Waals surface area contributed by atoms with Crippen molar-refractivity contribution in [1.29, 1.82) is 0 Å². The van der Waals surface area contributed by atoms with Gasteiger partial charge >= 0.3 is 0 Å². The van der Waals surface area contributed by atoms with Crippen LogP contribution in [0.4, 0.5) is 0 Å². The molecule has 2 fully saturated rings. The maximum atomic E-state index is 12.7. The number of hydrogen-bond donors (Lipinski definition) is 0. The first-order valence-electron chi connectivity index (χ1n) is 7.95. The number of hydrogen-bond acceptors (Lipinski definition) is 3. The van der Waals surface area contributed by atoms with Crippen LogP contribution in [-0.4, -0.2) is 54.0 Å². The maximum Gasteiger partial charge on any atom is 0.228 e. The van der Waals surface area contributed by atoms with Crippen molar-refractivity contribution in [2.24, 2.45) is 5.92 Å². The minimum atomic E-state index is -0.172. The summed E-state index contributed by atoms with van der Waals surface area (Å²) in [4.78, 5) is 27.9. The molecule has 2 amide bonds. The summed E-state index contributed by atoms with van der Waals surface area (Å²) in [6.45, 7) is 2.03. The van der Waals surface area contributed by atoms with Gasteiger partial charge in [0.1, 0.15) is 0 Å². The van der Waals surface area contributed by atoms with Crippen molar-refractivity contribution < 1.29 is 9.59 Å². The molecule has 0 aromatic heterocycles. The zero-order valence-electron chi connectivity index (χ0n) is 13.2. The Morgan fingerprint density at radius 2 is 2.09 bits per heavy atom. The fourth-order valence-corrected chi connectivity index (χ4v) is 4.86. The lowest BCUT2D eigenvalue weighted by molar-refractivity contribution is -0.135.